The largest absolute Gasteiger partial charge is 0.488 e. The van der Waals surface area contributed by atoms with Gasteiger partial charge in [-0.05, 0) is 55.0 Å². The second kappa shape index (κ2) is 10.0. The molecule has 1 saturated heterocycles. The molecule has 3 aromatic carbocycles. The Morgan fingerprint density at radius 2 is 1.79 bits per heavy atom. The van der Waals surface area contributed by atoms with Crippen LogP contribution in [0.5, 0.6) is 5.75 Å². The predicted octanol–water partition coefficient (Wildman–Crippen LogP) is 6.31. The van der Waals surface area contributed by atoms with E-state index in [1.54, 1.807) is 43.3 Å². The van der Waals surface area contributed by atoms with Crippen LogP contribution in [-0.4, -0.2) is 17.8 Å². The van der Waals surface area contributed by atoms with Gasteiger partial charge in [0.25, 0.3) is 11.8 Å². The number of ether oxygens (including phenoxy) is 1. The number of urea groups is 1. The van der Waals surface area contributed by atoms with Crippen molar-refractivity contribution in [1.82, 2.24) is 5.32 Å². The van der Waals surface area contributed by atoms with Gasteiger partial charge >= 0.3 is 6.03 Å². The maximum absolute atomic E-state index is 13.3. The molecule has 6 nitrogen and oxygen atoms in total. The van der Waals surface area contributed by atoms with E-state index in [-0.39, 0.29) is 17.9 Å². The van der Waals surface area contributed by atoms with E-state index in [1.807, 2.05) is 24.3 Å². The van der Waals surface area contributed by atoms with Crippen LogP contribution in [0.1, 0.15) is 16.7 Å². The third-order valence-electron chi connectivity index (χ3n) is 5.19. The zero-order chi connectivity index (χ0) is 24.4. The summed E-state index contributed by atoms with van der Waals surface area (Å²) in [7, 11) is 0. The van der Waals surface area contributed by atoms with Gasteiger partial charge in [0.05, 0.1) is 5.69 Å². The van der Waals surface area contributed by atoms with Crippen molar-refractivity contribution in [2.45, 2.75) is 13.5 Å². The lowest BCUT2D eigenvalue weighted by Crippen LogP contribution is -2.54. The van der Waals surface area contributed by atoms with Crippen LogP contribution in [0, 0.1) is 6.92 Å². The van der Waals surface area contributed by atoms with E-state index in [9.17, 15) is 14.4 Å². The van der Waals surface area contributed by atoms with E-state index in [0.717, 1.165) is 14.9 Å². The minimum absolute atomic E-state index is 0.242. The van der Waals surface area contributed by atoms with Crippen molar-refractivity contribution in [2.24, 2.45) is 0 Å². The highest BCUT2D eigenvalue weighted by Crippen LogP contribution is 2.31. The minimum atomic E-state index is -0.853. The highest BCUT2D eigenvalue weighted by atomic mass is 79.9. The first kappa shape index (κ1) is 24.0. The Morgan fingerprint density at radius 1 is 1.03 bits per heavy atom. The summed E-state index contributed by atoms with van der Waals surface area (Å²) in [5.41, 5.74) is 1.89. The summed E-state index contributed by atoms with van der Waals surface area (Å²) in [6.07, 6.45) is 1.36. The van der Waals surface area contributed by atoms with E-state index in [4.69, 9.17) is 27.9 Å². The SMILES string of the molecule is Cc1c(Cl)cccc1N1C(=O)NC(=O)/C(=C\c2cc(Cl)ccc2OCc2ccccc2Br)C1=O. The fourth-order valence-electron chi connectivity index (χ4n) is 3.40. The highest BCUT2D eigenvalue weighted by molar-refractivity contribution is 9.10. The molecule has 0 aromatic heterocycles. The maximum atomic E-state index is 13.3. The summed E-state index contributed by atoms with van der Waals surface area (Å²) in [5, 5.41) is 2.99. The standard InChI is InChI=1S/C25H17BrCl2N2O4/c1-14-20(28)7-4-8-21(14)30-24(32)18(23(31)29-25(30)33)12-16-11-17(27)9-10-22(16)34-13-15-5-2-3-6-19(15)26/h2-12H,13H2,1H3,(H,29,31,33)/b18-12+. The first-order valence-corrected chi connectivity index (χ1v) is 11.6. The van der Waals surface area contributed by atoms with Gasteiger partial charge in [0, 0.05) is 25.6 Å². The molecule has 4 rings (SSSR count). The number of nitrogens with one attached hydrogen (secondary N) is 1. The molecule has 0 atom stereocenters. The number of hydrogen-bond acceptors (Lipinski definition) is 4. The van der Waals surface area contributed by atoms with Gasteiger partial charge in [-0.15, -0.1) is 0 Å². The van der Waals surface area contributed by atoms with Crippen LogP contribution in [-0.2, 0) is 16.2 Å². The molecular weight excluding hydrogens is 543 g/mol. The Kier molecular flexibility index (Phi) is 7.07. The van der Waals surface area contributed by atoms with E-state index in [2.05, 4.69) is 21.2 Å². The first-order chi connectivity index (χ1) is 16.3. The second-order valence-electron chi connectivity index (χ2n) is 7.40. The molecule has 0 bridgehead atoms. The summed E-state index contributed by atoms with van der Waals surface area (Å²) in [5.74, 6) is -1.19. The number of rotatable bonds is 5. The molecule has 0 spiro atoms. The molecule has 172 valence electrons. The zero-order valence-corrected chi connectivity index (χ0v) is 20.9. The molecule has 0 aliphatic carbocycles. The van der Waals surface area contributed by atoms with Crippen LogP contribution < -0.4 is 15.0 Å². The van der Waals surface area contributed by atoms with Gasteiger partial charge in [-0.1, -0.05) is 63.4 Å². The van der Waals surface area contributed by atoms with Crippen molar-refractivity contribution in [3.05, 3.63) is 97.4 Å². The summed E-state index contributed by atoms with van der Waals surface area (Å²) < 4.78 is 6.85. The van der Waals surface area contributed by atoms with E-state index < -0.39 is 17.8 Å². The van der Waals surface area contributed by atoms with Gasteiger partial charge in [-0.2, -0.15) is 0 Å². The molecule has 0 unspecified atom stereocenters. The predicted molar refractivity (Wildman–Crippen MR) is 135 cm³/mol. The van der Waals surface area contributed by atoms with Gasteiger partial charge in [0.15, 0.2) is 0 Å². The number of carbonyl (C=O) groups excluding carboxylic acids is 3. The third-order valence-corrected chi connectivity index (χ3v) is 6.61. The van der Waals surface area contributed by atoms with Gasteiger partial charge in [0.1, 0.15) is 17.9 Å². The zero-order valence-electron chi connectivity index (χ0n) is 17.8. The fraction of sp³-hybridized carbons (Fsp3) is 0.0800. The van der Waals surface area contributed by atoms with E-state index >= 15 is 0 Å². The molecule has 9 heteroatoms. The van der Waals surface area contributed by atoms with Crippen molar-refractivity contribution in [2.75, 3.05) is 4.90 Å². The van der Waals surface area contributed by atoms with Crippen molar-refractivity contribution in [3.8, 4) is 5.75 Å². The smallest absolute Gasteiger partial charge is 0.335 e. The summed E-state index contributed by atoms with van der Waals surface area (Å²) in [6, 6.07) is 16.5. The lowest BCUT2D eigenvalue weighted by molar-refractivity contribution is -0.122. The molecule has 4 amide bonds. The summed E-state index contributed by atoms with van der Waals surface area (Å²) >= 11 is 15.8. The molecule has 1 aliphatic heterocycles. The first-order valence-electron chi connectivity index (χ1n) is 10.1. The number of barbiturate groups is 1. The number of benzene rings is 3. The Bertz CT molecular complexity index is 1360. The highest BCUT2D eigenvalue weighted by Gasteiger charge is 2.37. The second-order valence-corrected chi connectivity index (χ2v) is 9.10. The monoisotopic (exact) mass is 558 g/mol. The van der Waals surface area contributed by atoms with Crippen molar-refractivity contribution in [3.63, 3.8) is 0 Å². The number of imide groups is 2. The molecule has 1 fully saturated rings. The minimum Gasteiger partial charge on any atom is -0.488 e. The summed E-state index contributed by atoms with van der Waals surface area (Å²) in [6.45, 7) is 1.92. The Balaban J connectivity index is 1.71. The number of nitrogens with zero attached hydrogens (tertiary/aromatic N) is 1. The molecule has 1 N–H and O–H groups in total. The number of halogens is 3. The number of amides is 4. The lowest BCUT2D eigenvalue weighted by Gasteiger charge is -2.27. The molecule has 1 aliphatic rings. The number of hydrogen-bond donors (Lipinski definition) is 1. The molecule has 0 radical (unpaired) electrons. The summed E-state index contributed by atoms with van der Waals surface area (Å²) in [4.78, 5) is 39.3. The van der Waals surface area contributed by atoms with Crippen LogP contribution >= 0.6 is 39.1 Å². The van der Waals surface area contributed by atoms with Crippen LogP contribution in [0.4, 0.5) is 10.5 Å². The Morgan fingerprint density at radius 3 is 2.56 bits per heavy atom. The number of anilines is 1. The molecule has 1 heterocycles. The van der Waals surface area contributed by atoms with Crippen LogP contribution in [0.2, 0.25) is 10.0 Å². The molecule has 0 saturated carbocycles. The maximum Gasteiger partial charge on any atom is 0.335 e. The number of carbonyl (C=O) groups is 3. The molecule has 34 heavy (non-hydrogen) atoms. The van der Waals surface area contributed by atoms with E-state index in [0.29, 0.717) is 26.9 Å². The Hall–Kier alpha value is -3.13. The lowest BCUT2D eigenvalue weighted by atomic mass is 10.0. The third kappa shape index (κ3) is 4.87. The Labute approximate surface area is 214 Å². The fourth-order valence-corrected chi connectivity index (χ4v) is 4.15. The van der Waals surface area contributed by atoms with Gasteiger partial charge in [0.2, 0.25) is 0 Å². The topological polar surface area (TPSA) is 75.7 Å². The van der Waals surface area contributed by atoms with E-state index in [1.165, 1.54) is 6.08 Å². The van der Waals surface area contributed by atoms with Crippen LogP contribution in [0.3, 0.4) is 0 Å². The quantitative estimate of drug-likeness (QED) is 0.293. The van der Waals surface area contributed by atoms with Gasteiger partial charge in [-0.25, -0.2) is 9.69 Å². The normalized spacial score (nSPS) is 15.0. The molecular formula is C25H17BrCl2N2O4. The average Bonchev–Trinajstić information content (AvgIpc) is 2.79. The van der Waals surface area contributed by atoms with Crippen molar-refractivity contribution < 1.29 is 19.1 Å². The molecule has 3 aromatic rings. The van der Waals surface area contributed by atoms with Gasteiger partial charge in [-0.3, -0.25) is 14.9 Å². The van der Waals surface area contributed by atoms with Crippen molar-refractivity contribution >= 4 is 68.7 Å². The van der Waals surface area contributed by atoms with Crippen LogP contribution in [0.15, 0.2) is 70.7 Å². The van der Waals surface area contributed by atoms with Gasteiger partial charge < -0.3 is 4.74 Å². The van der Waals surface area contributed by atoms with Crippen molar-refractivity contribution in [1.29, 1.82) is 0 Å². The van der Waals surface area contributed by atoms with Crippen LogP contribution in [0.25, 0.3) is 6.08 Å². The average molecular weight is 560 g/mol.